The van der Waals surface area contributed by atoms with Crippen LogP contribution in [0.4, 0.5) is 11.6 Å². The fraction of sp³-hybridized carbons (Fsp3) is 0.217. The van der Waals surface area contributed by atoms with Gasteiger partial charge >= 0.3 is 0 Å². The van der Waals surface area contributed by atoms with E-state index in [-0.39, 0.29) is 18.3 Å². The summed E-state index contributed by atoms with van der Waals surface area (Å²) in [4.78, 5) is 49.5. The Bertz CT molecular complexity index is 1170. The van der Waals surface area contributed by atoms with Crippen molar-refractivity contribution in [3.05, 3.63) is 77.9 Å². The van der Waals surface area contributed by atoms with Gasteiger partial charge in [0.1, 0.15) is 5.41 Å². The molecule has 0 radical (unpaired) electrons. The maximum Gasteiger partial charge on any atom is 0.290 e. The van der Waals surface area contributed by atoms with Crippen LogP contribution in [0.25, 0.3) is 0 Å². The van der Waals surface area contributed by atoms with Crippen molar-refractivity contribution in [3.8, 4) is 0 Å². The van der Waals surface area contributed by atoms with Crippen molar-refractivity contribution in [2.75, 3.05) is 24.2 Å². The van der Waals surface area contributed by atoms with Crippen LogP contribution in [0, 0.1) is 0 Å². The van der Waals surface area contributed by atoms with Crippen LogP contribution in [0.2, 0.25) is 0 Å². The Labute approximate surface area is 189 Å². The van der Waals surface area contributed by atoms with Crippen LogP contribution < -0.4 is 10.6 Å². The Balaban J connectivity index is 0.000000821. The summed E-state index contributed by atoms with van der Waals surface area (Å²) in [5.41, 5.74) is 2.06. The number of aromatic nitrogens is 3. The fourth-order valence-corrected chi connectivity index (χ4v) is 4.64. The minimum atomic E-state index is -0.860. The zero-order chi connectivity index (χ0) is 23.4. The van der Waals surface area contributed by atoms with Gasteiger partial charge in [-0.2, -0.15) is 0 Å². The monoisotopic (exact) mass is 446 g/mol. The summed E-state index contributed by atoms with van der Waals surface area (Å²) in [5.74, 6) is 0.146. The maximum atomic E-state index is 13.5. The number of anilines is 2. The first-order valence-electron chi connectivity index (χ1n) is 10.3. The second kappa shape index (κ2) is 9.03. The molecule has 1 spiro atoms. The van der Waals surface area contributed by atoms with Gasteiger partial charge in [0, 0.05) is 44.1 Å². The Kier molecular flexibility index (Phi) is 5.99. The number of para-hydroxylation sites is 1. The number of likely N-dealkylation sites (tertiary alicyclic amines) is 1. The molecule has 2 unspecified atom stereocenters. The zero-order valence-corrected chi connectivity index (χ0v) is 17.8. The Morgan fingerprint density at radius 3 is 2.61 bits per heavy atom. The highest BCUT2D eigenvalue weighted by molar-refractivity contribution is 6.08. The van der Waals surface area contributed by atoms with Gasteiger partial charge in [-0.3, -0.25) is 19.4 Å². The fourth-order valence-electron chi connectivity index (χ4n) is 4.64. The molecule has 3 aromatic rings. The van der Waals surface area contributed by atoms with Gasteiger partial charge in [0.25, 0.3) is 12.4 Å². The summed E-state index contributed by atoms with van der Waals surface area (Å²) in [6.45, 7) is 0.188. The van der Waals surface area contributed by atoms with Crippen molar-refractivity contribution < 1.29 is 19.5 Å². The maximum absolute atomic E-state index is 13.5. The molecule has 2 aliphatic heterocycles. The first-order chi connectivity index (χ1) is 16.1. The van der Waals surface area contributed by atoms with Crippen LogP contribution in [-0.2, 0) is 15.0 Å². The Morgan fingerprint density at radius 1 is 1.21 bits per heavy atom. The summed E-state index contributed by atoms with van der Waals surface area (Å²) in [5, 5.41) is 12.7. The lowest BCUT2D eigenvalue weighted by Gasteiger charge is -2.34. The van der Waals surface area contributed by atoms with Crippen molar-refractivity contribution in [2.45, 2.75) is 17.9 Å². The first-order valence-corrected chi connectivity index (χ1v) is 10.3. The van der Waals surface area contributed by atoms with Gasteiger partial charge in [0.15, 0.2) is 0 Å². The molecule has 2 amide bonds. The number of hydrogen-bond acceptors (Lipinski definition) is 7. The normalized spacial score (nSPS) is 20.5. The van der Waals surface area contributed by atoms with E-state index in [1.165, 1.54) is 12.4 Å². The molecule has 4 heterocycles. The van der Waals surface area contributed by atoms with Gasteiger partial charge < -0.3 is 20.6 Å². The summed E-state index contributed by atoms with van der Waals surface area (Å²) in [7, 11) is 1.72. The van der Waals surface area contributed by atoms with E-state index in [1.54, 1.807) is 24.3 Å². The van der Waals surface area contributed by atoms with Crippen LogP contribution >= 0.6 is 0 Å². The third-order valence-corrected chi connectivity index (χ3v) is 5.97. The second-order valence-electron chi connectivity index (χ2n) is 7.56. The molecule has 1 aromatic carbocycles. The number of benzene rings is 1. The van der Waals surface area contributed by atoms with Crippen molar-refractivity contribution in [3.63, 3.8) is 0 Å². The standard InChI is InChI=1S/C22H20N6O2.CH2O2/c1-23-21-25-12-15(13-26-21)19(29)28-10-8-22(18(28)14-5-4-9-24-11-14)16-6-2-3-7-17(16)27-20(22)30;2-1-3/h2-7,9,11-13,18H,8,10H2,1H3,(H,27,30)(H,23,25,26);1H,(H,2,3). The molecule has 168 valence electrons. The number of amides is 2. The number of rotatable bonds is 3. The number of carbonyl (C=O) groups excluding carboxylic acids is 2. The van der Waals surface area contributed by atoms with Crippen molar-refractivity contribution in [1.82, 2.24) is 19.9 Å². The number of carbonyl (C=O) groups is 3. The molecule has 0 aliphatic carbocycles. The molecule has 3 N–H and O–H groups in total. The van der Waals surface area contributed by atoms with Gasteiger partial charge in [-0.25, -0.2) is 9.97 Å². The molecule has 2 atom stereocenters. The number of fused-ring (bicyclic) bond motifs is 2. The van der Waals surface area contributed by atoms with Gasteiger partial charge in [0.05, 0.1) is 11.6 Å². The molecule has 33 heavy (non-hydrogen) atoms. The molecule has 2 aliphatic rings. The Hall–Kier alpha value is -4.34. The van der Waals surface area contributed by atoms with Crippen LogP contribution in [0.5, 0.6) is 0 Å². The van der Waals surface area contributed by atoms with E-state index in [0.717, 1.165) is 16.8 Å². The molecule has 0 bridgehead atoms. The quantitative estimate of drug-likeness (QED) is 0.520. The Morgan fingerprint density at radius 2 is 1.94 bits per heavy atom. The van der Waals surface area contributed by atoms with Gasteiger partial charge in [-0.1, -0.05) is 24.3 Å². The third kappa shape index (κ3) is 3.65. The lowest BCUT2D eigenvalue weighted by atomic mass is 9.73. The third-order valence-electron chi connectivity index (χ3n) is 5.97. The van der Waals surface area contributed by atoms with E-state index < -0.39 is 11.5 Å². The van der Waals surface area contributed by atoms with Crippen molar-refractivity contribution >= 4 is 29.9 Å². The highest BCUT2D eigenvalue weighted by atomic mass is 16.3. The van der Waals surface area contributed by atoms with Crippen LogP contribution in [-0.4, -0.2) is 56.8 Å². The van der Waals surface area contributed by atoms with E-state index in [9.17, 15) is 9.59 Å². The average molecular weight is 446 g/mol. The molecule has 2 aromatic heterocycles. The number of carboxylic acid groups (broad SMARTS) is 1. The predicted octanol–water partition coefficient (Wildman–Crippen LogP) is 2.09. The SMILES string of the molecule is CNc1ncc(C(=O)N2CCC3(C(=O)Nc4ccccc43)C2c2cccnc2)cn1.O=CO. The predicted molar refractivity (Wildman–Crippen MR) is 120 cm³/mol. The van der Waals surface area contributed by atoms with E-state index in [1.807, 2.05) is 36.4 Å². The van der Waals surface area contributed by atoms with E-state index in [4.69, 9.17) is 9.90 Å². The largest absolute Gasteiger partial charge is 0.483 e. The van der Waals surface area contributed by atoms with Crippen LogP contribution in [0.15, 0.2) is 61.2 Å². The number of pyridine rings is 1. The molecule has 5 rings (SSSR count). The molecule has 10 heteroatoms. The lowest BCUT2D eigenvalue weighted by Crippen LogP contribution is -2.42. The smallest absolute Gasteiger partial charge is 0.290 e. The van der Waals surface area contributed by atoms with Gasteiger partial charge in [-0.05, 0) is 29.7 Å². The van der Waals surface area contributed by atoms with E-state index in [0.29, 0.717) is 24.5 Å². The minimum absolute atomic E-state index is 0.0883. The molecular weight excluding hydrogens is 424 g/mol. The molecule has 1 fully saturated rings. The molecule has 10 nitrogen and oxygen atoms in total. The number of nitrogens with one attached hydrogen (secondary N) is 2. The molecule has 1 saturated heterocycles. The van der Waals surface area contributed by atoms with Crippen molar-refractivity contribution in [1.29, 1.82) is 0 Å². The van der Waals surface area contributed by atoms with Gasteiger partial charge in [0.2, 0.25) is 11.9 Å². The highest BCUT2D eigenvalue weighted by Gasteiger charge is 2.59. The average Bonchev–Trinajstić information content (AvgIpc) is 3.39. The number of nitrogens with zero attached hydrogens (tertiary/aromatic N) is 4. The molecule has 0 saturated carbocycles. The van der Waals surface area contributed by atoms with Crippen LogP contribution in [0.1, 0.15) is 33.9 Å². The summed E-state index contributed by atoms with van der Waals surface area (Å²) >= 11 is 0. The van der Waals surface area contributed by atoms with E-state index in [2.05, 4.69) is 25.6 Å². The van der Waals surface area contributed by atoms with E-state index >= 15 is 0 Å². The number of hydrogen-bond donors (Lipinski definition) is 3. The lowest BCUT2D eigenvalue weighted by molar-refractivity contribution is -0.123. The second-order valence-corrected chi connectivity index (χ2v) is 7.56. The topological polar surface area (TPSA) is 137 Å². The zero-order valence-electron chi connectivity index (χ0n) is 17.8. The summed E-state index contributed by atoms with van der Waals surface area (Å²) < 4.78 is 0. The molecular formula is C23H22N6O4. The highest BCUT2D eigenvalue weighted by Crippen LogP contribution is 2.54. The van der Waals surface area contributed by atoms with Crippen LogP contribution in [0.3, 0.4) is 0 Å². The summed E-state index contributed by atoms with van der Waals surface area (Å²) in [6, 6.07) is 11.0. The van der Waals surface area contributed by atoms with Gasteiger partial charge in [-0.15, -0.1) is 0 Å². The summed E-state index contributed by atoms with van der Waals surface area (Å²) in [6.07, 6.45) is 6.96. The minimum Gasteiger partial charge on any atom is -0.483 e. The first kappa shape index (κ1) is 21.9. The van der Waals surface area contributed by atoms with Crippen molar-refractivity contribution in [2.24, 2.45) is 0 Å².